The van der Waals surface area contributed by atoms with Crippen LogP contribution >= 0.6 is 27.5 Å². The fraction of sp³-hybridized carbons (Fsp3) is 0.0667. The van der Waals surface area contributed by atoms with E-state index in [0.717, 1.165) is 12.1 Å². The van der Waals surface area contributed by atoms with E-state index in [1.165, 1.54) is 6.07 Å². The second kappa shape index (κ2) is 7.89. The lowest BCUT2D eigenvalue weighted by atomic mass is 10.2. The van der Waals surface area contributed by atoms with E-state index in [9.17, 15) is 19.7 Å². The average molecular weight is 414 g/mol. The number of amides is 1. The molecule has 0 spiro atoms. The molecule has 0 aliphatic carbocycles. The maximum absolute atomic E-state index is 12.0. The summed E-state index contributed by atoms with van der Waals surface area (Å²) < 4.78 is 5.48. The Kier molecular flexibility index (Phi) is 5.88. The van der Waals surface area contributed by atoms with Crippen LogP contribution in [0.1, 0.15) is 10.4 Å². The third kappa shape index (κ3) is 4.53. The fourth-order valence-electron chi connectivity index (χ4n) is 1.79. The Morgan fingerprint density at radius 2 is 1.96 bits per heavy atom. The van der Waals surface area contributed by atoms with Gasteiger partial charge in [-0.1, -0.05) is 23.7 Å². The lowest BCUT2D eigenvalue weighted by Crippen LogP contribution is -2.21. The van der Waals surface area contributed by atoms with Crippen molar-refractivity contribution in [2.75, 3.05) is 11.9 Å². The van der Waals surface area contributed by atoms with E-state index < -0.39 is 29.1 Å². The Bertz CT molecular complexity index is 812. The number of nitro benzene ring substituents is 1. The van der Waals surface area contributed by atoms with Gasteiger partial charge in [-0.15, -0.1) is 0 Å². The van der Waals surface area contributed by atoms with E-state index in [2.05, 4.69) is 21.2 Å². The zero-order valence-electron chi connectivity index (χ0n) is 12.0. The van der Waals surface area contributed by atoms with Crippen LogP contribution in [0.15, 0.2) is 46.9 Å². The summed E-state index contributed by atoms with van der Waals surface area (Å²) in [6, 6.07) is 10.4. The number of nitrogens with zero attached hydrogens (tertiary/aromatic N) is 1. The molecule has 0 saturated heterocycles. The van der Waals surface area contributed by atoms with Crippen molar-refractivity contribution in [1.29, 1.82) is 0 Å². The molecule has 2 rings (SSSR count). The first kappa shape index (κ1) is 17.9. The van der Waals surface area contributed by atoms with Crippen LogP contribution in [-0.4, -0.2) is 23.4 Å². The highest BCUT2D eigenvalue weighted by molar-refractivity contribution is 9.10. The van der Waals surface area contributed by atoms with E-state index in [4.69, 9.17) is 16.3 Å². The monoisotopic (exact) mass is 412 g/mol. The molecular formula is C15H10BrClN2O5. The van der Waals surface area contributed by atoms with Crippen molar-refractivity contribution >= 4 is 50.8 Å². The number of carbonyl (C=O) groups is 2. The number of hydrogen-bond donors (Lipinski definition) is 1. The van der Waals surface area contributed by atoms with Crippen molar-refractivity contribution in [3.8, 4) is 0 Å². The maximum atomic E-state index is 12.0. The lowest BCUT2D eigenvalue weighted by molar-refractivity contribution is -0.385. The van der Waals surface area contributed by atoms with Crippen molar-refractivity contribution in [1.82, 2.24) is 0 Å². The van der Waals surface area contributed by atoms with Crippen LogP contribution in [0, 0.1) is 10.1 Å². The smallest absolute Gasteiger partial charge is 0.345 e. The second-order valence-electron chi connectivity index (χ2n) is 4.52. The summed E-state index contributed by atoms with van der Waals surface area (Å²) in [4.78, 5) is 34.0. The van der Waals surface area contributed by atoms with Crippen molar-refractivity contribution in [3.63, 3.8) is 0 Å². The van der Waals surface area contributed by atoms with Gasteiger partial charge in [0, 0.05) is 15.6 Å². The number of rotatable bonds is 5. The third-order valence-electron chi connectivity index (χ3n) is 2.86. The Hall–Kier alpha value is -2.45. The Labute approximate surface area is 149 Å². The molecule has 124 valence electrons. The zero-order valence-corrected chi connectivity index (χ0v) is 14.3. The summed E-state index contributed by atoms with van der Waals surface area (Å²) in [7, 11) is 0. The zero-order chi connectivity index (χ0) is 17.7. The Morgan fingerprint density at radius 3 is 2.62 bits per heavy atom. The van der Waals surface area contributed by atoms with E-state index in [-0.39, 0.29) is 10.6 Å². The van der Waals surface area contributed by atoms with Gasteiger partial charge >= 0.3 is 5.97 Å². The Balaban J connectivity index is 2.03. The summed E-state index contributed by atoms with van der Waals surface area (Å²) in [5, 5.41) is 13.6. The lowest BCUT2D eigenvalue weighted by Gasteiger charge is -2.08. The topological polar surface area (TPSA) is 98.5 Å². The SMILES string of the molecule is O=C(COC(=O)c1cc(Cl)ccc1[N+](=O)[O-])Nc1ccccc1Br. The molecule has 0 aliphatic rings. The molecule has 9 heteroatoms. The summed E-state index contributed by atoms with van der Waals surface area (Å²) in [6.45, 7) is -0.593. The van der Waals surface area contributed by atoms with Gasteiger partial charge in [-0.05, 0) is 40.2 Å². The molecule has 0 aliphatic heterocycles. The number of esters is 1. The van der Waals surface area contributed by atoms with Crippen molar-refractivity contribution in [3.05, 3.63) is 67.6 Å². The van der Waals surface area contributed by atoms with Gasteiger partial charge in [-0.25, -0.2) is 4.79 Å². The average Bonchev–Trinajstić information content (AvgIpc) is 2.54. The molecule has 7 nitrogen and oxygen atoms in total. The van der Waals surface area contributed by atoms with Gasteiger partial charge in [-0.2, -0.15) is 0 Å². The molecule has 0 saturated carbocycles. The standard InChI is InChI=1S/C15H10BrClN2O5/c16-11-3-1-2-4-12(11)18-14(20)8-24-15(21)10-7-9(17)5-6-13(10)19(22)23/h1-7H,8H2,(H,18,20). The molecular weight excluding hydrogens is 404 g/mol. The largest absolute Gasteiger partial charge is 0.452 e. The summed E-state index contributed by atoms with van der Waals surface area (Å²) >= 11 is 9.00. The highest BCUT2D eigenvalue weighted by Gasteiger charge is 2.22. The van der Waals surface area contributed by atoms with E-state index >= 15 is 0 Å². The number of nitro groups is 1. The molecule has 1 N–H and O–H groups in total. The first-order chi connectivity index (χ1) is 11.4. The second-order valence-corrected chi connectivity index (χ2v) is 5.81. The van der Waals surface area contributed by atoms with Crippen LogP contribution in [0.3, 0.4) is 0 Å². The summed E-state index contributed by atoms with van der Waals surface area (Å²) in [5.41, 5.74) is -0.260. The summed E-state index contributed by atoms with van der Waals surface area (Å²) in [6.07, 6.45) is 0. The number of halogens is 2. The molecule has 0 bridgehead atoms. The minimum absolute atomic E-state index is 0.144. The van der Waals surface area contributed by atoms with Gasteiger partial charge in [0.1, 0.15) is 5.56 Å². The molecule has 1 amide bonds. The molecule has 0 heterocycles. The van der Waals surface area contributed by atoms with Crippen LogP contribution < -0.4 is 5.32 Å². The minimum atomic E-state index is -1.01. The quantitative estimate of drug-likeness (QED) is 0.456. The fourth-order valence-corrected chi connectivity index (χ4v) is 2.34. The predicted molar refractivity (Wildman–Crippen MR) is 91.2 cm³/mol. The van der Waals surface area contributed by atoms with Crippen LogP contribution in [0.2, 0.25) is 5.02 Å². The highest BCUT2D eigenvalue weighted by Crippen LogP contribution is 2.24. The van der Waals surface area contributed by atoms with Gasteiger partial charge in [0.2, 0.25) is 0 Å². The molecule has 0 radical (unpaired) electrons. The Morgan fingerprint density at radius 1 is 1.25 bits per heavy atom. The molecule has 0 aromatic heterocycles. The van der Waals surface area contributed by atoms with Crippen LogP contribution in [0.25, 0.3) is 0 Å². The van der Waals surface area contributed by atoms with Crippen molar-refractivity contribution in [2.45, 2.75) is 0 Å². The van der Waals surface area contributed by atoms with Crippen LogP contribution in [-0.2, 0) is 9.53 Å². The van der Waals surface area contributed by atoms with Gasteiger partial charge in [-0.3, -0.25) is 14.9 Å². The van der Waals surface area contributed by atoms with Gasteiger partial charge < -0.3 is 10.1 Å². The number of benzene rings is 2. The number of nitrogens with one attached hydrogen (secondary N) is 1. The number of ether oxygens (including phenoxy) is 1. The molecule has 2 aromatic carbocycles. The predicted octanol–water partition coefficient (Wildman–Crippen LogP) is 3.81. The highest BCUT2D eigenvalue weighted by atomic mass is 79.9. The van der Waals surface area contributed by atoms with Crippen molar-refractivity contribution in [2.24, 2.45) is 0 Å². The minimum Gasteiger partial charge on any atom is -0.452 e. The van der Waals surface area contributed by atoms with Gasteiger partial charge in [0.15, 0.2) is 6.61 Å². The first-order valence-electron chi connectivity index (χ1n) is 6.54. The number of para-hydroxylation sites is 1. The number of carbonyl (C=O) groups excluding carboxylic acids is 2. The molecule has 0 fully saturated rings. The first-order valence-corrected chi connectivity index (χ1v) is 7.71. The van der Waals surface area contributed by atoms with Crippen LogP contribution in [0.4, 0.5) is 11.4 Å². The van der Waals surface area contributed by atoms with E-state index in [1.54, 1.807) is 24.3 Å². The molecule has 24 heavy (non-hydrogen) atoms. The third-order valence-corrected chi connectivity index (χ3v) is 3.78. The van der Waals surface area contributed by atoms with Gasteiger partial charge in [0.05, 0.1) is 10.6 Å². The van der Waals surface area contributed by atoms with Gasteiger partial charge in [0.25, 0.3) is 11.6 Å². The van der Waals surface area contributed by atoms with E-state index in [0.29, 0.717) is 10.2 Å². The summed E-state index contributed by atoms with van der Waals surface area (Å²) in [5.74, 6) is -1.59. The van der Waals surface area contributed by atoms with Crippen LogP contribution in [0.5, 0.6) is 0 Å². The number of anilines is 1. The molecule has 2 aromatic rings. The molecule has 0 atom stereocenters. The normalized spacial score (nSPS) is 10.1. The van der Waals surface area contributed by atoms with E-state index in [1.807, 2.05) is 0 Å². The maximum Gasteiger partial charge on any atom is 0.345 e. The number of hydrogen-bond acceptors (Lipinski definition) is 5. The molecule has 0 unspecified atom stereocenters. The van der Waals surface area contributed by atoms with Crippen molar-refractivity contribution < 1.29 is 19.2 Å².